The monoisotopic (exact) mass is 201 g/mol. The number of amides is 1. The number of carbonyl (C=O) groups excluding carboxylic acids is 1. The summed E-state index contributed by atoms with van der Waals surface area (Å²) in [6.07, 6.45) is 0.764. The van der Waals surface area contributed by atoms with E-state index in [1.54, 1.807) is 13.8 Å². The van der Waals surface area contributed by atoms with Crippen molar-refractivity contribution in [2.45, 2.75) is 44.4 Å². The Morgan fingerprint density at radius 2 is 2.00 bits per heavy atom. The van der Waals surface area contributed by atoms with Crippen LogP contribution in [0.25, 0.3) is 0 Å². The van der Waals surface area contributed by atoms with E-state index >= 15 is 0 Å². The first-order valence-electron chi connectivity index (χ1n) is 4.60. The largest absolute Gasteiger partial charge is 0.480 e. The van der Waals surface area contributed by atoms with Crippen LogP contribution in [0.2, 0.25) is 0 Å². The second-order valence-electron chi connectivity index (χ2n) is 3.82. The molecule has 0 aromatic carbocycles. The zero-order valence-corrected chi connectivity index (χ0v) is 8.32. The number of carboxylic acid groups (broad SMARTS) is 1. The Balaban J connectivity index is 2.85. The Morgan fingerprint density at radius 3 is 2.36 bits per heavy atom. The third-order valence-corrected chi connectivity index (χ3v) is 2.48. The summed E-state index contributed by atoms with van der Waals surface area (Å²) < 4.78 is 5.42. The molecule has 5 heteroatoms. The number of aliphatic carboxylic acids is 1. The third-order valence-electron chi connectivity index (χ3n) is 2.48. The van der Waals surface area contributed by atoms with Gasteiger partial charge in [-0.2, -0.15) is 0 Å². The fraction of sp³-hybridized carbons (Fsp3) is 0.778. The summed E-state index contributed by atoms with van der Waals surface area (Å²) in [6, 6.07) is 0. The van der Waals surface area contributed by atoms with Crippen molar-refractivity contribution in [3.05, 3.63) is 0 Å². The minimum atomic E-state index is -1.15. The van der Waals surface area contributed by atoms with E-state index in [0.717, 1.165) is 0 Å². The fourth-order valence-electron chi connectivity index (χ4n) is 2.02. The van der Waals surface area contributed by atoms with Crippen molar-refractivity contribution in [3.63, 3.8) is 0 Å². The number of carboxylic acids is 1. The maximum atomic E-state index is 11.1. The van der Waals surface area contributed by atoms with E-state index in [-0.39, 0.29) is 12.2 Å². The molecule has 1 aliphatic heterocycles. The molecule has 1 amide bonds. The second-order valence-corrected chi connectivity index (χ2v) is 3.82. The smallest absolute Gasteiger partial charge is 0.329 e. The molecule has 1 heterocycles. The van der Waals surface area contributed by atoms with E-state index < -0.39 is 11.5 Å². The van der Waals surface area contributed by atoms with Crippen LogP contribution in [0, 0.1) is 0 Å². The van der Waals surface area contributed by atoms with Gasteiger partial charge in [-0.15, -0.1) is 0 Å². The number of ether oxygens (including phenoxy) is 1. The first-order chi connectivity index (χ1) is 6.50. The van der Waals surface area contributed by atoms with Crippen LogP contribution in [0.4, 0.5) is 0 Å². The van der Waals surface area contributed by atoms with Crippen LogP contribution >= 0.6 is 0 Å². The van der Waals surface area contributed by atoms with E-state index in [9.17, 15) is 9.59 Å². The zero-order valence-electron chi connectivity index (χ0n) is 8.32. The van der Waals surface area contributed by atoms with Gasteiger partial charge in [-0.25, -0.2) is 4.79 Å². The molecule has 0 aliphatic carbocycles. The summed E-state index contributed by atoms with van der Waals surface area (Å²) in [5.41, 5.74) is -1.15. The standard InChI is InChI=1S/C9H15NO4/c1-6-3-9(8(12)13,10-5-11)4-7(2)14-6/h5-7H,3-4H2,1-2H3,(H,10,11)(H,12,13). The lowest BCUT2D eigenvalue weighted by Gasteiger charge is -2.39. The van der Waals surface area contributed by atoms with E-state index in [4.69, 9.17) is 9.84 Å². The van der Waals surface area contributed by atoms with E-state index in [2.05, 4.69) is 5.32 Å². The Bertz CT molecular complexity index is 231. The van der Waals surface area contributed by atoms with Gasteiger partial charge in [0.05, 0.1) is 12.2 Å². The number of hydrogen-bond acceptors (Lipinski definition) is 3. The molecule has 0 bridgehead atoms. The van der Waals surface area contributed by atoms with Gasteiger partial charge in [0.1, 0.15) is 5.54 Å². The molecule has 1 aliphatic rings. The Hall–Kier alpha value is -1.10. The lowest BCUT2D eigenvalue weighted by atomic mass is 9.84. The maximum absolute atomic E-state index is 11.1. The molecular weight excluding hydrogens is 186 g/mol. The SMILES string of the molecule is CC1CC(NC=O)(C(=O)O)CC(C)O1. The van der Waals surface area contributed by atoms with Gasteiger partial charge in [0, 0.05) is 12.8 Å². The van der Waals surface area contributed by atoms with Crippen LogP contribution in [0.3, 0.4) is 0 Å². The van der Waals surface area contributed by atoms with Crippen molar-refractivity contribution >= 4 is 12.4 Å². The van der Waals surface area contributed by atoms with E-state index in [1.165, 1.54) is 0 Å². The highest BCUT2D eigenvalue weighted by Gasteiger charge is 2.44. The Labute approximate surface area is 82.4 Å². The van der Waals surface area contributed by atoms with Gasteiger partial charge < -0.3 is 15.2 Å². The van der Waals surface area contributed by atoms with Crippen molar-refractivity contribution < 1.29 is 19.4 Å². The van der Waals surface area contributed by atoms with Crippen LogP contribution in [-0.4, -0.2) is 35.2 Å². The van der Waals surface area contributed by atoms with E-state index in [1.807, 2.05) is 0 Å². The van der Waals surface area contributed by atoms with E-state index in [0.29, 0.717) is 19.3 Å². The molecule has 0 aromatic heterocycles. The first kappa shape index (κ1) is 11.0. The molecule has 2 atom stereocenters. The van der Waals surface area contributed by atoms with Gasteiger partial charge in [-0.3, -0.25) is 4.79 Å². The van der Waals surface area contributed by atoms with Crippen LogP contribution in [-0.2, 0) is 14.3 Å². The fourth-order valence-corrected chi connectivity index (χ4v) is 2.02. The summed E-state index contributed by atoms with van der Waals surface area (Å²) in [5, 5.41) is 11.5. The highest BCUT2D eigenvalue weighted by molar-refractivity contribution is 5.81. The normalized spacial score (nSPS) is 37.6. The molecule has 0 aromatic rings. The molecule has 5 nitrogen and oxygen atoms in total. The average molecular weight is 201 g/mol. The summed E-state index contributed by atoms with van der Waals surface area (Å²) in [4.78, 5) is 21.5. The lowest BCUT2D eigenvalue weighted by Crippen LogP contribution is -2.58. The number of hydrogen-bond donors (Lipinski definition) is 2. The Kier molecular flexibility index (Phi) is 3.10. The zero-order chi connectivity index (χ0) is 10.8. The molecule has 1 fully saturated rings. The summed E-state index contributed by atoms with van der Waals surface area (Å²) >= 11 is 0. The molecule has 80 valence electrons. The molecule has 0 spiro atoms. The molecule has 2 N–H and O–H groups in total. The van der Waals surface area contributed by atoms with Gasteiger partial charge in [-0.05, 0) is 13.8 Å². The van der Waals surface area contributed by atoms with Crippen molar-refractivity contribution in [2.24, 2.45) is 0 Å². The number of rotatable bonds is 3. The third kappa shape index (κ3) is 2.04. The lowest BCUT2D eigenvalue weighted by molar-refractivity contribution is -0.157. The van der Waals surface area contributed by atoms with Crippen LogP contribution < -0.4 is 5.32 Å². The van der Waals surface area contributed by atoms with Gasteiger partial charge in [0.15, 0.2) is 0 Å². The summed E-state index contributed by atoms with van der Waals surface area (Å²) in [5.74, 6) is -0.994. The number of nitrogens with one attached hydrogen (secondary N) is 1. The molecule has 0 saturated carbocycles. The highest BCUT2D eigenvalue weighted by atomic mass is 16.5. The van der Waals surface area contributed by atoms with Crippen LogP contribution in [0.15, 0.2) is 0 Å². The molecule has 0 radical (unpaired) electrons. The van der Waals surface area contributed by atoms with Crippen molar-refractivity contribution in [3.8, 4) is 0 Å². The topological polar surface area (TPSA) is 75.6 Å². The van der Waals surface area contributed by atoms with Crippen molar-refractivity contribution in [1.82, 2.24) is 5.32 Å². The number of carbonyl (C=O) groups is 2. The molecule has 14 heavy (non-hydrogen) atoms. The van der Waals surface area contributed by atoms with Gasteiger partial charge >= 0.3 is 5.97 Å². The van der Waals surface area contributed by atoms with Crippen LogP contribution in [0.1, 0.15) is 26.7 Å². The first-order valence-corrected chi connectivity index (χ1v) is 4.60. The van der Waals surface area contributed by atoms with Crippen LogP contribution in [0.5, 0.6) is 0 Å². The molecule has 2 unspecified atom stereocenters. The quantitative estimate of drug-likeness (QED) is 0.637. The summed E-state index contributed by atoms with van der Waals surface area (Å²) in [7, 11) is 0. The van der Waals surface area contributed by atoms with Gasteiger partial charge in [-0.1, -0.05) is 0 Å². The van der Waals surface area contributed by atoms with Gasteiger partial charge in [0.2, 0.25) is 6.41 Å². The molecule has 1 saturated heterocycles. The minimum Gasteiger partial charge on any atom is -0.480 e. The predicted octanol–water partition coefficient (Wildman–Crippen LogP) is 0.143. The van der Waals surface area contributed by atoms with Crippen molar-refractivity contribution in [2.75, 3.05) is 0 Å². The van der Waals surface area contributed by atoms with Crippen molar-refractivity contribution in [1.29, 1.82) is 0 Å². The van der Waals surface area contributed by atoms with Gasteiger partial charge in [0.25, 0.3) is 0 Å². The average Bonchev–Trinajstić information content (AvgIpc) is 2.02. The minimum absolute atomic E-state index is 0.151. The maximum Gasteiger partial charge on any atom is 0.329 e. The Morgan fingerprint density at radius 1 is 1.50 bits per heavy atom. The summed E-state index contributed by atoms with van der Waals surface area (Å²) in [6.45, 7) is 3.61. The predicted molar refractivity (Wildman–Crippen MR) is 48.8 cm³/mol. The molecular formula is C9H15NO4. The molecule has 1 rings (SSSR count). The second kappa shape index (κ2) is 3.96. The highest BCUT2D eigenvalue weighted by Crippen LogP contribution is 2.28.